The molecule has 26 heavy (non-hydrogen) atoms. The predicted octanol–water partition coefficient (Wildman–Crippen LogP) is 3.41. The molecule has 0 amide bonds. The van der Waals surface area contributed by atoms with Gasteiger partial charge in [-0.1, -0.05) is 13.0 Å². The van der Waals surface area contributed by atoms with E-state index in [0.29, 0.717) is 30.5 Å². The van der Waals surface area contributed by atoms with Crippen LogP contribution in [0.5, 0.6) is 0 Å². The molecule has 0 aliphatic carbocycles. The lowest BCUT2D eigenvalue weighted by Crippen LogP contribution is -2.47. The van der Waals surface area contributed by atoms with Crippen LogP contribution in [0.3, 0.4) is 0 Å². The molecule has 1 aliphatic rings. The lowest BCUT2D eigenvalue weighted by molar-refractivity contribution is 0.265. The molecule has 0 saturated carbocycles. The second kappa shape index (κ2) is 11.0. The summed E-state index contributed by atoms with van der Waals surface area (Å²) in [6.07, 6.45) is 0.243. The summed E-state index contributed by atoms with van der Waals surface area (Å²) in [5, 5.41) is 6.70. The summed E-state index contributed by atoms with van der Waals surface area (Å²) in [6, 6.07) is 4.80. The van der Waals surface area contributed by atoms with Gasteiger partial charge in [0.15, 0.2) is 5.96 Å². The van der Waals surface area contributed by atoms with Crippen molar-refractivity contribution < 1.29 is 8.78 Å². The monoisotopic (exact) mass is 480 g/mol. The highest BCUT2D eigenvalue weighted by atomic mass is 127. The van der Waals surface area contributed by atoms with Crippen molar-refractivity contribution in [3.05, 3.63) is 35.4 Å². The van der Waals surface area contributed by atoms with Gasteiger partial charge in [0.05, 0.1) is 0 Å². The van der Waals surface area contributed by atoms with E-state index in [9.17, 15) is 8.78 Å². The van der Waals surface area contributed by atoms with Gasteiger partial charge in [-0.15, -0.1) is 24.0 Å². The molecular formula is C19H31F2IN4. The predicted molar refractivity (Wildman–Crippen MR) is 114 cm³/mol. The molecular weight excluding hydrogens is 449 g/mol. The van der Waals surface area contributed by atoms with E-state index in [1.807, 2.05) is 6.92 Å². The van der Waals surface area contributed by atoms with Crippen LogP contribution in [0.1, 0.15) is 33.3 Å². The molecule has 0 spiro atoms. The highest BCUT2D eigenvalue weighted by Gasteiger charge is 2.31. The Morgan fingerprint density at radius 2 is 1.92 bits per heavy atom. The number of halogens is 3. The number of benzene rings is 1. The van der Waals surface area contributed by atoms with Crippen molar-refractivity contribution >= 4 is 29.9 Å². The van der Waals surface area contributed by atoms with Crippen molar-refractivity contribution in [2.24, 2.45) is 10.9 Å². The molecule has 2 rings (SSSR count). The molecule has 1 aromatic rings. The molecule has 0 aromatic heterocycles. The van der Waals surface area contributed by atoms with Gasteiger partial charge in [-0.2, -0.15) is 0 Å². The van der Waals surface area contributed by atoms with Crippen LogP contribution in [-0.2, 0) is 6.42 Å². The highest BCUT2D eigenvalue weighted by Crippen LogP contribution is 2.18. The number of hydrogen-bond acceptors (Lipinski definition) is 2. The molecule has 2 atom stereocenters. The molecule has 1 saturated heterocycles. The summed E-state index contributed by atoms with van der Waals surface area (Å²) in [7, 11) is 0. The average molecular weight is 480 g/mol. The maximum Gasteiger partial charge on any atom is 0.191 e. The second-order valence-corrected chi connectivity index (χ2v) is 6.99. The molecule has 4 nitrogen and oxygen atoms in total. The number of guanidine groups is 1. The van der Waals surface area contributed by atoms with Crippen molar-refractivity contribution in [2.75, 3.05) is 26.2 Å². The van der Waals surface area contributed by atoms with Crippen LogP contribution < -0.4 is 10.6 Å². The van der Waals surface area contributed by atoms with Gasteiger partial charge >= 0.3 is 0 Å². The van der Waals surface area contributed by atoms with Crippen LogP contribution in [0.2, 0.25) is 0 Å². The van der Waals surface area contributed by atoms with Crippen LogP contribution >= 0.6 is 24.0 Å². The van der Waals surface area contributed by atoms with Crippen LogP contribution in [0.15, 0.2) is 23.2 Å². The Kier molecular flexibility index (Phi) is 9.78. The van der Waals surface area contributed by atoms with Gasteiger partial charge in [0.25, 0.3) is 0 Å². The highest BCUT2D eigenvalue weighted by molar-refractivity contribution is 14.0. The summed E-state index contributed by atoms with van der Waals surface area (Å²) in [4.78, 5) is 6.95. The number of rotatable bonds is 6. The third-order valence-corrected chi connectivity index (χ3v) is 4.73. The zero-order chi connectivity index (χ0) is 18.4. The van der Waals surface area contributed by atoms with Gasteiger partial charge < -0.3 is 10.6 Å². The summed E-state index contributed by atoms with van der Waals surface area (Å²) in [5.41, 5.74) is 0.0994. The molecule has 2 N–H and O–H groups in total. The fourth-order valence-corrected chi connectivity index (χ4v) is 3.16. The van der Waals surface area contributed by atoms with E-state index in [4.69, 9.17) is 0 Å². The summed E-state index contributed by atoms with van der Waals surface area (Å²) >= 11 is 0. The van der Waals surface area contributed by atoms with Gasteiger partial charge in [-0.05, 0) is 45.2 Å². The quantitative estimate of drug-likeness (QED) is 0.373. The number of nitrogens with one attached hydrogen (secondary N) is 2. The summed E-state index contributed by atoms with van der Waals surface area (Å²) < 4.78 is 27.4. The lowest BCUT2D eigenvalue weighted by Gasteiger charge is -2.22. The maximum absolute atomic E-state index is 13.7. The molecule has 1 heterocycles. The standard InChI is InChI=1S/C19H30F2N4.HI/c1-5-22-19(24-18-12-25(13(2)3)11-14(18)4)23-10-9-15-16(20)7-6-8-17(15)21;/h6-8,13-14,18H,5,9-12H2,1-4H3,(H2,22,23,24);1H. The fraction of sp³-hybridized carbons (Fsp3) is 0.632. The topological polar surface area (TPSA) is 39.7 Å². The first kappa shape index (κ1) is 23.1. The van der Waals surface area contributed by atoms with Crippen LogP contribution in [0.25, 0.3) is 0 Å². The Bertz CT molecular complexity index is 575. The summed E-state index contributed by atoms with van der Waals surface area (Å²) in [6.45, 7) is 11.8. The number of likely N-dealkylation sites (tertiary alicyclic amines) is 1. The van der Waals surface area contributed by atoms with E-state index in [1.54, 1.807) is 0 Å². The Labute approximate surface area is 172 Å². The third-order valence-electron chi connectivity index (χ3n) is 4.73. The SMILES string of the molecule is CCNC(=NCCc1c(F)cccc1F)NC1CN(C(C)C)CC1C.I. The van der Waals surface area contributed by atoms with E-state index in [1.165, 1.54) is 18.2 Å². The minimum absolute atomic E-state index is 0. The van der Waals surface area contributed by atoms with Crippen molar-refractivity contribution in [2.45, 2.75) is 46.2 Å². The van der Waals surface area contributed by atoms with Crippen molar-refractivity contribution in [1.82, 2.24) is 15.5 Å². The van der Waals surface area contributed by atoms with E-state index in [-0.39, 0.29) is 36.0 Å². The van der Waals surface area contributed by atoms with Gasteiger partial charge in [0.2, 0.25) is 0 Å². The summed E-state index contributed by atoms with van der Waals surface area (Å²) in [5.74, 6) is 0.215. The second-order valence-electron chi connectivity index (χ2n) is 6.99. The van der Waals surface area contributed by atoms with Gasteiger partial charge in [-0.3, -0.25) is 9.89 Å². The molecule has 7 heteroatoms. The molecule has 1 aromatic carbocycles. The largest absolute Gasteiger partial charge is 0.357 e. The van der Waals surface area contributed by atoms with Crippen molar-refractivity contribution in [3.63, 3.8) is 0 Å². The minimum atomic E-state index is -0.509. The Hall–Kier alpha value is -0.960. The van der Waals surface area contributed by atoms with Crippen LogP contribution in [0.4, 0.5) is 8.78 Å². The van der Waals surface area contributed by atoms with Crippen molar-refractivity contribution in [3.8, 4) is 0 Å². The number of nitrogens with zero attached hydrogens (tertiary/aromatic N) is 2. The van der Waals surface area contributed by atoms with Crippen LogP contribution in [-0.4, -0.2) is 49.1 Å². The first-order valence-electron chi connectivity index (χ1n) is 9.14. The van der Waals surface area contributed by atoms with E-state index >= 15 is 0 Å². The molecule has 2 unspecified atom stereocenters. The Morgan fingerprint density at radius 1 is 1.27 bits per heavy atom. The third kappa shape index (κ3) is 6.33. The lowest BCUT2D eigenvalue weighted by atomic mass is 10.1. The minimum Gasteiger partial charge on any atom is -0.357 e. The molecule has 1 aliphatic heterocycles. The molecule has 0 radical (unpaired) electrons. The number of hydrogen-bond donors (Lipinski definition) is 2. The van der Waals surface area contributed by atoms with Crippen LogP contribution in [0, 0.1) is 17.6 Å². The number of aliphatic imine (C=N–C) groups is 1. The Morgan fingerprint density at radius 3 is 2.46 bits per heavy atom. The van der Waals surface area contributed by atoms with E-state index < -0.39 is 11.6 Å². The Balaban J connectivity index is 0.00000338. The first-order valence-corrected chi connectivity index (χ1v) is 9.14. The van der Waals surface area contributed by atoms with Gasteiger partial charge in [0.1, 0.15) is 11.6 Å². The zero-order valence-corrected chi connectivity index (χ0v) is 18.4. The van der Waals surface area contributed by atoms with Crippen molar-refractivity contribution in [1.29, 1.82) is 0 Å². The smallest absolute Gasteiger partial charge is 0.191 e. The molecule has 1 fully saturated rings. The first-order chi connectivity index (χ1) is 11.9. The molecule has 0 bridgehead atoms. The zero-order valence-electron chi connectivity index (χ0n) is 16.1. The fourth-order valence-electron chi connectivity index (χ4n) is 3.16. The average Bonchev–Trinajstić information content (AvgIpc) is 2.91. The normalized spacial score (nSPS) is 21.0. The van der Waals surface area contributed by atoms with E-state index in [0.717, 1.165) is 19.6 Å². The van der Waals surface area contributed by atoms with Gasteiger partial charge in [0, 0.05) is 43.8 Å². The molecule has 148 valence electrons. The van der Waals surface area contributed by atoms with Gasteiger partial charge in [-0.25, -0.2) is 8.78 Å². The maximum atomic E-state index is 13.7. The van der Waals surface area contributed by atoms with E-state index in [2.05, 4.69) is 41.3 Å².